The van der Waals surface area contributed by atoms with E-state index in [1.165, 1.54) is 12.1 Å². The van der Waals surface area contributed by atoms with Crippen molar-refractivity contribution in [1.82, 2.24) is 4.98 Å². The standard InChI is InChI=1S/C18H13ClF3NO3.C2H6/c1-9-2-3-12(23-8-9)4-10-7-15-11(6-14(10)19)5-13(17(24)25)16(26-15)18(20,21)22;1-2/h2-3,5-8,16H,4H2,1H3,(H,24,25);1-2H3. The van der Waals surface area contributed by atoms with Gasteiger partial charge in [-0.1, -0.05) is 31.5 Å². The molecule has 2 heterocycles. The minimum Gasteiger partial charge on any atom is -0.478 e. The van der Waals surface area contributed by atoms with E-state index in [9.17, 15) is 18.0 Å². The quantitative estimate of drug-likeness (QED) is 0.726. The van der Waals surface area contributed by atoms with Crippen LogP contribution < -0.4 is 4.74 Å². The highest BCUT2D eigenvalue weighted by atomic mass is 35.5. The zero-order chi connectivity index (χ0) is 21.1. The van der Waals surface area contributed by atoms with Crippen LogP contribution >= 0.6 is 11.6 Å². The molecule has 0 radical (unpaired) electrons. The number of aryl methyl sites for hydroxylation is 1. The molecule has 150 valence electrons. The molecule has 1 aliphatic heterocycles. The van der Waals surface area contributed by atoms with Gasteiger partial charge >= 0.3 is 12.1 Å². The van der Waals surface area contributed by atoms with Crippen LogP contribution in [0.15, 0.2) is 36.0 Å². The van der Waals surface area contributed by atoms with E-state index in [0.717, 1.165) is 11.6 Å². The van der Waals surface area contributed by atoms with E-state index < -0.39 is 23.8 Å². The topological polar surface area (TPSA) is 59.4 Å². The molecule has 2 aromatic rings. The third-order valence-electron chi connectivity index (χ3n) is 3.91. The fraction of sp³-hybridized carbons (Fsp3) is 0.300. The molecule has 1 aromatic carbocycles. The van der Waals surface area contributed by atoms with Crippen molar-refractivity contribution in [2.75, 3.05) is 0 Å². The summed E-state index contributed by atoms with van der Waals surface area (Å²) in [4.78, 5) is 15.4. The van der Waals surface area contributed by atoms with Crippen LogP contribution in [-0.4, -0.2) is 28.3 Å². The Kier molecular flexibility index (Phi) is 6.72. The molecule has 1 N–H and O–H groups in total. The van der Waals surface area contributed by atoms with Gasteiger partial charge in [0.2, 0.25) is 6.10 Å². The molecule has 0 amide bonds. The Morgan fingerprint density at radius 2 is 1.96 bits per heavy atom. The van der Waals surface area contributed by atoms with Crippen LogP contribution in [0.3, 0.4) is 0 Å². The number of hydrogen-bond acceptors (Lipinski definition) is 3. The monoisotopic (exact) mass is 413 g/mol. The molecule has 1 atom stereocenters. The van der Waals surface area contributed by atoms with Gasteiger partial charge in [-0.15, -0.1) is 0 Å². The van der Waals surface area contributed by atoms with Gasteiger partial charge in [0.15, 0.2) is 0 Å². The highest BCUT2D eigenvalue weighted by Crippen LogP contribution is 2.39. The Morgan fingerprint density at radius 1 is 1.29 bits per heavy atom. The van der Waals surface area contributed by atoms with Gasteiger partial charge in [0.1, 0.15) is 5.75 Å². The molecule has 0 saturated heterocycles. The predicted molar refractivity (Wildman–Crippen MR) is 101 cm³/mol. The number of rotatable bonds is 3. The molecular formula is C20H19ClF3NO3. The SMILES string of the molecule is CC.Cc1ccc(Cc2cc3c(cc2Cl)C=C(C(=O)O)C(C(F)(F)F)O3)nc1. The van der Waals surface area contributed by atoms with Crippen LogP contribution in [0.1, 0.15) is 36.2 Å². The smallest absolute Gasteiger partial charge is 0.430 e. The van der Waals surface area contributed by atoms with Crippen molar-refractivity contribution in [3.05, 3.63) is 63.4 Å². The maximum absolute atomic E-state index is 13.1. The maximum atomic E-state index is 13.1. The van der Waals surface area contributed by atoms with Crippen LogP contribution in [0.4, 0.5) is 13.2 Å². The van der Waals surface area contributed by atoms with Crippen LogP contribution in [0.5, 0.6) is 5.75 Å². The van der Waals surface area contributed by atoms with Crippen LogP contribution in [-0.2, 0) is 11.2 Å². The number of fused-ring (bicyclic) bond motifs is 1. The number of alkyl halides is 3. The molecule has 0 bridgehead atoms. The number of ether oxygens (including phenoxy) is 1. The number of benzene rings is 1. The minimum absolute atomic E-state index is 0.0659. The van der Waals surface area contributed by atoms with Gasteiger partial charge in [-0.05, 0) is 42.3 Å². The Hall–Kier alpha value is -2.54. The first-order valence-corrected chi connectivity index (χ1v) is 8.95. The molecule has 28 heavy (non-hydrogen) atoms. The van der Waals surface area contributed by atoms with Gasteiger partial charge in [0.25, 0.3) is 0 Å². The molecule has 3 rings (SSSR count). The maximum Gasteiger partial charge on any atom is 0.430 e. The number of hydrogen-bond donors (Lipinski definition) is 1. The summed E-state index contributed by atoms with van der Waals surface area (Å²) in [6, 6.07) is 6.46. The number of carboxylic acid groups (broad SMARTS) is 1. The summed E-state index contributed by atoms with van der Waals surface area (Å²) < 4.78 is 44.4. The zero-order valence-electron chi connectivity index (χ0n) is 15.5. The van der Waals surface area contributed by atoms with Gasteiger partial charge in [0.05, 0.1) is 5.57 Å². The highest BCUT2D eigenvalue weighted by molar-refractivity contribution is 6.31. The van der Waals surface area contributed by atoms with Gasteiger partial charge in [0, 0.05) is 28.9 Å². The minimum atomic E-state index is -4.85. The van der Waals surface area contributed by atoms with Crippen molar-refractivity contribution < 1.29 is 27.8 Å². The van der Waals surface area contributed by atoms with Crippen LogP contribution in [0.2, 0.25) is 5.02 Å². The summed E-state index contributed by atoms with van der Waals surface area (Å²) in [6.07, 6.45) is -4.44. The number of pyridine rings is 1. The van der Waals surface area contributed by atoms with Crippen molar-refractivity contribution in [3.63, 3.8) is 0 Å². The van der Waals surface area contributed by atoms with Gasteiger partial charge in [-0.25, -0.2) is 4.79 Å². The second-order valence-corrected chi connectivity index (χ2v) is 6.34. The summed E-state index contributed by atoms with van der Waals surface area (Å²) in [6.45, 7) is 5.89. The molecule has 0 saturated carbocycles. The Labute approximate surface area is 165 Å². The lowest BCUT2D eigenvalue weighted by molar-refractivity contribution is -0.187. The Morgan fingerprint density at radius 3 is 2.50 bits per heavy atom. The summed E-state index contributed by atoms with van der Waals surface area (Å²) in [7, 11) is 0. The summed E-state index contributed by atoms with van der Waals surface area (Å²) in [5.41, 5.74) is 1.52. The molecule has 0 aliphatic carbocycles. The van der Waals surface area contributed by atoms with E-state index in [-0.39, 0.29) is 11.3 Å². The number of halogens is 4. The fourth-order valence-electron chi connectivity index (χ4n) is 2.61. The van der Waals surface area contributed by atoms with Gasteiger partial charge in [-0.3, -0.25) is 4.98 Å². The normalized spacial score (nSPS) is 15.5. The lowest BCUT2D eigenvalue weighted by Crippen LogP contribution is -2.40. The first kappa shape index (κ1) is 21.8. The van der Waals surface area contributed by atoms with Crippen molar-refractivity contribution in [2.24, 2.45) is 0 Å². The number of carbonyl (C=O) groups is 1. The summed E-state index contributed by atoms with van der Waals surface area (Å²) in [5.74, 6) is -1.76. The lowest BCUT2D eigenvalue weighted by atomic mass is 9.98. The van der Waals surface area contributed by atoms with Crippen LogP contribution in [0, 0.1) is 6.92 Å². The molecule has 0 spiro atoms. The second kappa shape index (κ2) is 8.65. The number of nitrogens with zero attached hydrogens (tertiary/aromatic N) is 1. The third kappa shape index (κ3) is 4.84. The van der Waals surface area contributed by atoms with E-state index >= 15 is 0 Å². The Bertz CT molecular complexity index is 893. The van der Waals surface area contributed by atoms with Crippen molar-refractivity contribution in [2.45, 2.75) is 39.5 Å². The third-order valence-corrected chi connectivity index (χ3v) is 4.26. The number of aromatic nitrogens is 1. The molecule has 4 nitrogen and oxygen atoms in total. The zero-order valence-corrected chi connectivity index (χ0v) is 16.2. The molecule has 1 aliphatic rings. The summed E-state index contributed by atoms with van der Waals surface area (Å²) >= 11 is 6.21. The van der Waals surface area contributed by atoms with Gasteiger partial charge < -0.3 is 9.84 Å². The van der Waals surface area contributed by atoms with E-state index in [4.69, 9.17) is 21.4 Å². The van der Waals surface area contributed by atoms with Crippen molar-refractivity contribution in [3.8, 4) is 5.75 Å². The average Bonchev–Trinajstić information content (AvgIpc) is 2.64. The van der Waals surface area contributed by atoms with Crippen molar-refractivity contribution in [1.29, 1.82) is 0 Å². The first-order chi connectivity index (χ1) is 13.1. The van der Waals surface area contributed by atoms with E-state index in [1.807, 2.05) is 26.8 Å². The van der Waals surface area contributed by atoms with Crippen molar-refractivity contribution >= 4 is 23.6 Å². The van der Waals surface area contributed by atoms with E-state index in [1.54, 1.807) is 12.3 Å². The van der Waals surface area contributed by atoms with Crippen LogP contribution in [0.25, 0.3) is 6.08 Å². The highest BCUT2D eigenvalue weighted by Gasteiger charge is 2.48. The largest absolute Gasteiger partial charge is 0.478 e. The Balaban J connectivity index is 0.00000136. The predicted octanol–water partition coefficient (Wildman–Crippen LogP) is 5.45. The summed E-state index contributed by atoms with van der Waals surface area (Å²) in [5, 5.41) is 9.34. The number of carboxylic acids is 1. The molecule has 1 unspecified atom stereocenters. The second-order valence-electron chi connectivity index (χ2n) is 5.93. The molecule has 0 fully saturated rings. The van der Waals surface area contributed by atoms with Gasteiger partial charge in [-0.2, -0.15) is 13.2 Å². The molecular weight excluding hydrogens is 395 g/mol. The lowest BCUT2D eigenvalue weighted by Gasteiger charge is -2.27. The first-order valence-electron chi connectivity index (χ1n) is 8.57. The molecule has 8 heteroatoms. The fourth-order valence-corrected chi connectivity index (χ4v) is 2.85. The van der Waals surface area contributed by atoms with E-state index in [0.29, 0.717) is 22.7 Å². The average molecular weight is 414 g/mol. The number of aliphatic carboxylic acids is 1. The molecule has 1 aromatic heterocycles. The van der Waals surface area contributed by atoms with E-state index in [2.05, 4.69) is 4.98 Å².